The topological polar surface area (TPSA) is 37.4 Å². The van der Waals surface area contributed by atoms with Gasteiger partial charge in [-0.3, -0.25) is 14.5 Å². The molecule has 3 nitrogen and oxygen atoms in total. The Bertz CT molecular complexity index is 915. The summed E-state index contributed by atoms with van der Waals surface area (Å²) in [5.41, 5.74) is 1.55. The predicted molar refractivity (Wildman–Crippen MR) is 91.6 cm³/mol. The van der Waals surface area contributed by atoms with Crippen LogP contribution in [0.1, 0.15) is 37.9 Å². The quantitative estimate of drug-likeness (QED) is 0.674. The van der Waals surface area contributed by atoms with E-state index in [0.717, 1.165) is 16.0 Å². The summed E-state index contributed by atoms with van der Waals surface area (Å²) in [6.07, 6.45) is 0. The van der Waals surface area contributed by atoms with Gasteiger partial charge in [-0.25, -0.2) is 4.39 Å². The number of nitrogens with zero attached hydrogens (tertiary/aromatic N) is 1. The van der Waals surface area contributed by atoms with Crippen molar-refractivity contribution in [1.82, 2.24) is 4.90 Å². The Morgan fingerprint density at radius 1 is 0.680 bits per heavy atom. The molecule has 0 atom stereocenters. The zero-order valence-corrected chi connectivity index (χ0v) is 13.2. The van der Waals surface area contributed by atoms with Gasteiger partial charge < -0.3 is 0 Å². The molecule has 1 heterocycles. The Labute approximate surface area is 144 Å². The van der Waals surface area contributed by atoms with E-state index < -0.39 is 23.7 Å². The summed E-state index contributed by atoms with van der Waals surface area (Å²) >= 11 is 0. The van der Waals surface area contributed by atoms with Crippen LogP contribution >= 0.6 is 0 Å². The highest BCUT2D eigenvalue weighted by Crippen LogP contribution is 2.36. The lowest BCUT2D eigenvalue weighted by atomic mass is 9.97. The number of hydrogen-bond acceptors (Lipinski definition) is 2. The van der Waals surface area contributed by atoms with Gasteiger partial charge >= 0.3 is 0 Å². The molecule has 0 bridgehead atoms. The first-order valence-electron chi connectivity index (χ1n) is 7.95. The number of carbonyl (C=O) groups is 2. The summed E-state index contributed by atoms with van der Waals surface area (Å²) < 4.78 is 14.2. The molecule has 1 aliphatic rings. The molecule has 0 aliphatic carbocycles. The second kappa shape index (κ2) is 5.98. The first-order chi connectivity index (χ1) is 12.2. The van der Waals surface area contributed by atoms with Crippen LogP contribution in [0.25, 0.3) is 0 Å². The van der Waals surface area contributed by atoms with Crippen LogP contribution in [0.4, 0.5) is 4.39 Å². The number of rotatable bonds is 3. The molecule has 3 aromatic carbocycles. The molecule has 0 unspecified atom stereocenters. The van der Waals surface area contributed by atoms with E-state index in [1.54, 1.807) is 0 Å². The molecule has 4 rings (SSSR count). The van der Waals surface area contributed by atoms with Crippen molar-refractivity contribution in [2.24, 2.45) is 0 Å². The van der Waals surface area contributed by atoms with Crippen molar-refractivity contribution >= 4 is 11.8 Å². The molecule has 122 valence electrons. The van der Waals surface area contributed by atoms with Gasteiger partial charge in [0.2, 0.25) is 0 Å². The Hall–Kier alpha value is -3.27. The van der Waals surface area contributed by atoms with Gasteiger partial charge in [-0.2, -0.15) is 0 Å². The molecular formula is C21H14FNO2. The van der Waals surface area contributed by atoms with Crippen LogP contribution in [0, 0.1) is 5.82 Å². The Balaban J connectivity index is 1.89. The monoisotopic (exact) mass is 331 g/mol. The van der Waals surface area contributed by atoms with E-state index in [2.05, 4.69) is 0 Å². The highest BCUT2D eigenvalue weighted by molar-refractivity contribution is 6.21. The minimum atomic E-state index is -0.668. The normalized spacial score (nSPS) is 13.4. The van der Waals surface area contributed by atoms with Gasteiger partial charge in [0.1, 0.15) is 5.82 Å². The third-order valence-electron chi connectivity index (χ3n) is 4.38. The van der Waals surface area contributed by atoms with Gasteiger partial charge in [-0.1, -0.05) is 66.7 Å². The maximum Gasteiger partial charge on any atom is 0.265 e. The van der Waals surface area contributed by atoms with Crippen LogP contribution in [0.5, 0.6) is 0 Å². The lowest BCUT2D eigenvalue weighted by molar-refractivity contribution is 0.0607. The number of amides is 2. The van der Waals surface area contributed by atoms with E-state index in [9.17, 15) is 14.0 Å². The number of carbonyl (C=O) groups excluding carboxylic acids is 2. The first kappa shape index (κ1) is 15.3. The molecule has 1 aliphatic heterocycles. The van der Waals surface area contributed by atoms with Crippen molar-refractivity contribution in [2.45, 2.75) is 6.04 Å². The Morgan fingerprint density at radius 2 is 1.24 bits per heavy atom. The van der Waals surface area contributed by atoms with Crippen molar-refractivity contribution in [3.63, 3.8) is 0 Å². The number of benzene rings is 3. The summed E-state index contributed by atoms with van der Waals surface area (Å²) in [7, 11) is 0. The van der Waals surface area contributed by atoms with Crippen LogP contribution in [-0.4, -0.2) is 16.7 Å². The summed E-state index contributed by atoms with van der Waals surface area (Å²) in [5.74, 6) is -1.74. The maximum atomic E-state index is 14.2. The van der Waals surface area contributed by atoms with E-state index in [1.165, 1.54) is 18.2 Å². The molecule has 3 aromatic rings. The largest absolute Gasteiger partial charge is 0.269 e. The van der Waals surface area contributed by atoms with Crippen molar-refractivity contribution in [3.05, 3.63) is 107 Å². The van der Waals surface area contributed by atoms with Gasteiger partial charge in [0.05, 0.1) is 17.2 Å². The lowest BCUT2D eigenvalue weighted by Crippen LogP contribution is -2.34. The summed E-state index contributed by atoms with van der Waals surface area (Å²) in [6, 6.07) is 22.1. The molecule has 0 aromatic heterocycles. The van der Waals surface area contributed by atoms with Crippen LogP contribution in [0.2, 0.25) is 0 Å². The third kappa shape index (κ3) is 2.43. The molecular weight excluding hydrogens is 317 g/mol. The summed E-state index contributed by atoms with van der Waals surface area (Å²) in [4.78, 5) is 26.9. The van der Waals surface area contributed by atoms with Crippen molar-refractivity contribution in [2.75, 3.05) is 0 Å². The number of halogens is 1. The smallest absolute Gasteiger partial charge is 0.265 e. The molecule has 25 heavy (non-hydrogen) atoms. The van der Waals surface area contributed by atoms with E-state index >= 15 is 0 Å². The van der Waals surface area contributed by atoms with E-state index in [4.69, 9.17) is 0 Å². The highest BCUT2D eigenvalue weighted by atomic mass is 19.1. The Morgan fingerprint density at radius 3 is 1.76 bits per heavy atom. The lowest BCUT2D eigenvalue weighted by Gasteiger charge is -2.27. The summed E-state index contributed by atoms with van der Waals surface area (Å²) in [5, 5.41) is 0. The number of hydrogen-bond donors (Lipinski definition) is 0. The van der Waals surface area contributed by atoms with Crippen molar-refractivity contribution < 1.29 is 14.0 Å². The van der Waals surface area contributed by atoms with Crippen LogP contribution < -0.4 is 0 Å². The summed E-state index contributed by atoms with van der Waals surface area (Å²) in [6.45, 7) is 0. The van der Waals surface area contributed by atoms with Gasteiger partial charge in [0, 0.05) is 0 Å². The van der Waals surface area contributed by atoms with Gasteiger partial charge in [0.15, 0.2) is 0 Å². The van der Waals surface area contributed by atoms with E-state index in [1.807, 2.05) is 60.7 Å². The molecule has 0 spiro atoms. The zero-order chi connectivity index (χ0) is 17.4. The second-order valence-corrected chi connectivity index (χ2v) is 5.87. The Kier molecular flexibility index (Phi) is 3.65. The fourth-order valence-corrected chi connectivity index (χ4v) is 3.26. The molecule has 0 N–H and O–H groups in total. The third-order valence-corrected chi connectivity index (χ3v) is 4.38. The number of fused-ring (bicyclic) bond motifs is 1. The molecule has 0 saturated heterocycles. The van der Waals surface area contributed by atoms with Crippen LogP contribution in [-0.2, 0) is 0 Å². The molecule has 0 radical (unpaired) electrons. The average molecular weight is 331 g/mol. The highest BCUT2D eigenvalue weighted by Gasteiger charge is 2.42. The van der Waals surface area contributed by atoms with Gasteiger partial charge in [-0.05, 0) is 23.3 Å². The van der Waals surface area contributed by atoms with E-state index in [0.29, 0.717) is 0 Å². The molecule has 4 heteroatoms. The standard InChI is InChI=1S/C21H14FNO2/c22-17-13-7-12-16-18(17)21(25)23(20(16)24)19(14-8-3-1-4-9-14)15-10-5-2-6-11-15/h1-13,19H. The van der Waals surface area contributed by atoms with Crippen molar-refractivity contribution in [3.8, 4) is 0 Å². The molecule has 0 saturated carbocycles. The molecule has 2 amide bonds. The zero-order valence-electron chi connectivity index (χ0n) is 13.2. The maximum absolute atomic E-state index is 14.2. The first-order valence-corrected chi connectivity index (χ1v) is 7.95. The van der Waals surface area contributed by atoms with Crippen LogP contribution in [0.3, 0.4) is 0 Å². The van der Waals surface area contributed by atoms with E-state index in [-0.39, 0.29) is 11.1 Å². The van der Waals surface area contributed by atoms with Gasteiger partial charge in [-0.15, -0.1) is 0 Å². The minimum absolute atomic E-state index is 0.113. The minimum Gasteiger partial charge on any atom is -0.269 e. The van der Waals surface area contributed by atoms with Crippen molar-refractivity contribution in [1.29, 1.82) is 0 Å². The van der Waals surface area contributed by atoms with Gasteiger partial charge in [0.25, 0.3) is 11.8 Å². The number of imide groups is 1. The predicted octanol–water partition coefficient (Wildman–Crippen LogP) is 4.21. The fraction of sp³-hybridized carbons (Fsp3) is 0.0476. The molecule has 0 fully saturated rings. The average Bonchev–Trinajstić information content (AvgIpc) is 2.90. The second-order valence-electron chi connectivity index (χ2n) is 5.87. The fourth-order valence-electron chi connectivity index (χ4n) is 3.26. The van der Waals surface area contributed by atoms with Crippen LogP contribution in [0.15, 0.2) is 78.9 Å². The SMILES string of the molecule is O=C1c2cccc(F)c2C(=O)N1C(c1ccccc1)c1ccccc1.